The first-order chi connectivity index (χ1) is 10.9. The summed E-state index contributed by atoms with van der Waals surface area (Å²) in [6.45, 7) is 0.768. The molecule has 108 valence electrons. The molecule has 0 unspecified atom stereocenters. The second-order valence-electron chi connectivity index (χ2n) is 5.03. The van der Waals surface area contributed by atoms with Crippen LogP contribution in [0.5, 0.6) is 0 Å². The molecule has 0 aliphatic carbocycles. The summed E-state index contributed by atoms with van der Waals surface area (Å²) in [6, 6.07) is 6.42. The number of hydrogen-bond donors (Lipinski definition) is 0. The largest absolute Gasteiger partial charge is 0.333 e. The summed E-state index contributed by atoms with van der Waals surface area (Å²) in [5.41, 5.74) is 3.32. The highest BCUT2D eigenvalue weighted by Crippen LogP contribution is 2.18. The fraction of sp³-hybridized carbons (Fsp3) is 0.0625. The van der Waals surface area contributed by atoms with Gasteiger partial charge in [0.05, 0.1) is 19.0 Å². The molecule has 0 saturated heterocycles. The first-order valence-corrected chi connectivity index (χ1v) is 6.95. The predicted molar refractivity (Wildman–Crippen MR) is 82.0 cm³/mol. The first-order valence-electron chi connectivity index (χ1n) is 6.95. The van der Waals surface area contributed by atoms with Crippen LogP contribution >= 0.6 is 0 Å². The summed E-state index contributed by atoms with van der Waals surface area (Å²) < 4.78 is 6.04. The molecule has 0 fully saturated rings. The SMILES string of the molecule is c1cn(Cc2cc(-n3ccnc3)cc(-n3ccnc3)c2)cn1. The van der Waals surface area contributed by atoms with Gasteiger partial charge in [0.25, 0.3) is 0 Å². The molecule has 0 bridgehead atoms. The number of benzene rings is 1. The molecule has 0 aliphatic rings. The van der Waals surface area contributed by atoms with E-state index in [2.05, 4.69) is 33.2 Å². The minimum absolute atomic E-state index is 0.768. The molecule has 6 heteroatoms. The van der Waals surface area contributed by atoms with E-state index in [9.17, 15) is 0 Å². The van der Waals surface area contributed by atoms with Crippen molar-refractivity contribution in [1.82, 2.24) is 28.7 Å². The quantitative estimate of drug-likeness (QED) is 0.579. The van der Waals surface area contributed by atoms with Crippen molar-refractivity contribution in [2.75, 3.05) is 0 Å². The standard InChI is InChI=1S/C16H14N6/c1-4-20(11-17-1)10-14-7-15(21-5-2-18-12-21)9-16(8-14)22-6-3-19-13-22/h1-9,11-13H,10H2. The molecule has 0 saturated carbocycles. The Labute approximate surface area is 127 Å². The molecular weight excluding hydrogens is 276 g/mol. The van der Waals surface area contributed by atoms with E-state index >= 15 is 0 Å². The molecule has 3 heterocycles. The molecule has 0 spiro atoms. The van der Waals surface area contributed by atoms with E-state index in [4.69, 9.17) is 0 Å². The van der Waals surface area contributed by atoms with E-state index in [0.29, 0.717) is 0 Å². The second-order valence-corrected chi connectivity index (χ2v) is 5.03. The Hall–Kier alpha value is -3.15. The zero-order valence-corrected chi connectivity index (χ0v) is 11.8. The van der Waals surface area contributed by atoms with Gasteiger partial charge >= 0.3 is 0 Å². The van der Waals surface area contributed by atoms with E-state index in [1.807, 2.05) is 38.6 Å². The van der Waals surface area contributed by atoms with Crippen LogP contribution in [0.2, 0.25) is 0 Å². The van der Waals surface area contributed by atoms with Gasteiger partial charge in [0.1, 0.15) is 0 Å². The van der Waals surface area contributed by atoms with Crippen LogP contribution < -0.4 is 0 Å². The lowest BCUT2D eigenvalue weighted by molar-refractivity contribution is 0.794. The average Bonchev–Trinajstić information content (AvgIpc) is 3.29. The molecule has 0 atom stereocenters. The predicted octanol–water partition coefficient (Wildman–Crippen LogP) is 2.30. The normalized spacial score (nSPS) is 10.9. The molecular formula is C16H14N6. The molecule has 4 aromatic rings. The lowest BCUT2D eigenvalue weighted by Crippen LogP contribution is -2.02. The zero-order valence-electron chi connectivity index (χ0n) is 11.8. The Balaban J connectivity index is 1.80. The lowest BCUT2D eigenvalue weighted by Gasteiger charge is -2.11. The number of hydrogen-bond acceptors (Lipinski definition) is 3. The van der Waals surface area contributed by atoms with Crippen LogP contribution in [-0.2, 0) is 6.54 Å². The van der Waals surface area contributed by atoms with E-state index < -0.39 is 0 Å². The van der Waals surface area contributed by atoms with E-state index in [-0.39, 0.29) is 0 Å². The number of nitrogens with zero attached hydrogens (tertiary/aromatic N) is 6. The molecule has 3 aromatic heterocycles. The van der Waals surface area contributed by atoms with Crippen molar-refractivity contribution in [2.24, 2.45) is 0 Å². The third kappa shape index (κ3) is 2.42. The monoisotopic (exact) mass is 290 g/mol. The van der Waals surface area contributed by atoms with Crippen LogP contribution in [0.1, 0.15) is 5.56 Å². The maximum atomic E-state index is 4.12. The summed E-state index contributed by atoms with van der Waals surface area (Å²) in [6.07, 6.45) is 16.6. The smallest absolute Gasteiger partial charge is 0.0991 e. The van der Waals surface area contributed by atoms with Crippen molar-refractivity contribution in [3.63, 3.8) is 0 Å². The van der Waals surface area contributed by atoms with Crippen molar-refractivity contribution >= 4 is 0 Å². The van der Waals surface area contributed by atoms with Gasteiger partial charge in [-0.3, -0.25) is 0 Å². The van der Waals surface area contributed by atoms with Gasteiger partial charge in [-0.2, -0.15) is 0 Å². The topological polar surface area (TPSA) is 53.5 Å². The van der Waals surface area contributed by atoms with Crippen molar-refractivity contribution in [3.8, 4) is 11.4 Å². The Morgan fingerprint density at radius 3 is 1.77 bits per heavy atom. The van der Waals surface area contributed by atoms with Crippen LogP contribution in [0, 0.1) is 0 Å². The van der Waals surface area contributed by atoms with Gasteiger partial charge in [-0.15, -0.1) is 0 Å². The molecule has 0 N–H and O–H groups in total. The highest BCUT2D eigenvalue weighted by molar-refractivity contribution is 5.47. The van der Waals surface area contributed by atoms with Crippen LogP contribution in [0.4, 0.5) is 0 Å². The number of imidazole rings is 3. The maximum absolute atomic E-state index is 4.12. The van der Waals surface area contributed by atoms with Crippen molar-refractivity contribution in [1.29, 1.82) is 0 Å². The Morgan fingerprint density at radius 1 is 0.682 bits per heavy atom. The first kappa shape index (κ1) is 12.6. The third-order valence-corrected chi connectivity index (χ3v) is 3.49. The van der Waals surface area contributed by atoms with Crippen LogP contribution in [0.25, 0.3) is 11.4 Å². The summed E-state index contributed by atoms with van der Waals surface area (Å²) in [4.78, 5) is 12.3. The van der Waals surface area contributed by atoms with Crippen molar-refractivity contribution in [2.45, 2.75) is 6.54 Å². The Morgan fingerprint density at radius 2 is 1.27 bits per heavy atom. The second kappa shape index (κ2) is 5.33. The minimum atomic E-state index is 0.768. The van der Waals surface area contributed by atoms with Gasteiger partial charge in [0.2, 0.25) is 0 Å². The summed E-state index contributed by atoms with van der Waals surface area (Å²) in [7, 11) is 0. The van der Waals surface area contributed by atoms with Gasteiger partial charge in [-0.25, -0.2) is 15.0 Å². The van der Waals surface area contributed by atoms with E-state index in [1.165, 1.54) is 5.56 Å². The Kier molecular flexibility index (Phi) is 3.05. The zero-order chi connectivity index (χ0) is 14.8. The van der Waals surface area contributed by atoms with Gasteiger partial charge in [-0.1, -0.05) is 0 Å². The van der Waals surface area contributed by atoms with E-state index in [0.717, 1.165) is 17.9 Å². The van der Waals surface area contributed by atoms with Crippen molar-refractivity contribution < 1.29 is 0 Å². The maximum Gasteiger partial charge on any atom is 0.0991 e. The lowest BCUT2D eigenvalue weighted by atomic mass is 10.1. The van der Waals surface area contributed by atoms with Gasteiger partial charge in [0.15, 0.2) is 0 Å². The fourth-order valence-electron chi connectivity index (χ4n) is 2.46. The van der Waals surface area contributed by atoms with Crippen LogP contribution in [-0.4, -0.2) is 28.7 Å². The van der Waals surface area contributed by atoms with Gasteiger partial charge in [0, 0.05) is 55.1 Å². The molecule has 6 nitrogen and oxygen atoms in total. The molecule has 0 amide bonds. The molecule has 22 heavy (non-hydrogen) atoms. The van der Waals surface area contributed by atoms with Crippen LogP contribution in [0.15, 0.2) is 74.4 Å². The summed E-state index contributed by atoms with van der Waals surface area (Å²) in [5, 5.41) is 0. The van der Waals surface area contributed by atoms with E-state index in [1.54, 1.807) is 31.2 Å². The third-order valence-electron chi connectivity index (χ3n) is 3.49. The van der Waals surface area contributed by atoms with Gasteiger partial charge < -0.3 is 13.7 Å². The van der Waals surface area contributed by atoms with Gasteiger partial charge in [-0.05, 0) is 23.8 Å². The Bertz CT molecular complexity index is 792. The minimum Gasteiger partial charge on any atom is -0.333 e. The average molecular weight is 290 g/mol. The summed E-state index contributed by atoms with van der Waals surface area (Å²) >= 11 is 0. The number of aromatic nitrogens is 6. The van der Waals surface area contributed by atoms with Crippen molar-refractivity contribution in [3.05, 3.63) is 79.9 Å². The highest BCUT2D eigenvalue weighted by Gasteiger charge is 2.05. The number of rotatable bonds is 4. The fourth-order valence-corrected chi connectivity index (χ4v) is 2.46. The molecule has 0 radical (unpaired) electrons. The molecule has 4 rings (SSSR count). The molecule has 1 aromatic carbocycles. The highest BCUT2D eigenvalue weighted by atomic mass is 15.1. The molecule has 0 aliphatic heterocycles. The summed E-state index contributed by atoms with van der Waals surface area (Å²) in [5.74, 6) is 0. The van der Waals surface area contributed by atoms with Crippen LogP contribution in [0.3, 0.4) is 0 Å².